The molecule has 0 aromatic heterocycles. The van der Waals surface area contributed by atoms with Crippen LogP contribution in [0.1, 0.15) is 17.5 Å². The molecule has 26 heavy (non-hydrogen) atoms. The summed E-state index contributed by atoms with van der Waals surface area (Å²) in [5.74, 6) is -0.633. The molecule has 0 amide bonds. The van der Waals surface area contributed by atoms with Crippen molar-refractivity contribution in [3.05, 3.63) is 64.4 Å². The Labute approximate surface area is 164 Å². The Kier molecular flexibility index (Phi) is 7.43. The van der Waals surface area contributed by atoms with E-state index in [1.807, 2.05) is 6.07 Å². The van der Waals surface area contributed by atoms with Crippen molar-refractivity contribution in [3.63, 3.8) is 0 Å². The van der Waals surface area contributed by atoms with Gasteiger partial charge in [0.05, 0.1) is 9.92 Å². The van der Waals surface area contributed by atoms with Gasteiger partial charge in [-0.2, -0.15) is 0 Å². The molecule has 0 bridgehead atoms. The highest BCUT2D eigenvalue weighted by Gasteiger charge is 2.17. The number of rotatable bonds is 6. The summed E-state index contributed by atoms with van der Waals surface area (Å²) in [6, 6.07) is 11.8. The molecule has 0 atom stereocenters. The van der Waals surface area contributed by atoms with E-state index in [4.69, 9.17) is 11.6 Å². The molecule has 0 spiro atoms. The van der Waals surface area contributed by atoms with Gasteiger partial charge in [-0.05, 0) is 48.7 Å². The zero-order chi connectivity index (χ0) is 17.9. The van der Waals surface area contributed by atoms with Crippen LogP contribution in [0.25, 0.3) is 0 Å². The van der Waals surface area contributed by atoms with Crippen molar-refractivity contribution in [1.29, 1.82) is 0 Å². The molecule has 0 saturated heterocycles. The molecule has 0 radical (unpaired) electrons. The van der Waals surface area contributed by atoms with E-state index in [2.05, 4.69) is 27.8 Å². The lowest BCUT2D eigenvalue weighted by Gasteiger charge is -2.28. The minimum absolute atomic E-state index is 0. The van der Waals surface area contributed by atoms with Gasteiger partial charge < -0.3 is 0 Å². The molecule has 4 nitrogen and oxygen atoms in total. The Bertz CT molecular complexity index is 862. The molecular formula is C18H21Cl2FN2O2S. The Balaban J connectivity index is 0.00000243. The number of halogens is 3. The first-order chi connectivity index (χ1) is 12.0. The number of sulfonamides is 1. The molecule has 0 fully saturated rings. The molecule has 2 aromatic carbocycles. The third-order valence-corrected chi connectivity index (χ3v) is 6.10. The summed E-state index contributed by atoms with van der Waals surface area (Å²) >= 11 is 5.65. The monoisotopic (exact) mass is 418 g/mol. The van der Waals surface area contributed by atoms with Crippen LogP contribution in [-0.2, 0) is 23.0 Å². The summed E-state index contributed by atoms with van der Waals surface area (Å²) in [6.45, 7) is 3.03. The number of hydrogen-bond acceptors (Lipinski definition) is 3. The van der Waals surface area contributed by atoms with Crippen LogP contribution >= 0.6 is 24.0 Å². The molecular weight excluding hydrogens is 398 g/mol. The van der Waals surface area contributed by atoms with E-state index in [0.717, 1.165) is 38.2 Å². The van der Waals surface area contributed by atoms with Gasteiger partial charge in [-0.25, -0.2) is 17.5 Å². The Morgan fingerprint density at radius 1 is 1.15 bits per heavy atom. The molecule has 0 aliphatic carbocycles. The SMILES string of the molecule is Cl.O=S(=O)(NCCCN1CCc2ccccc2C1)c1ccc(F)c(Cl)c1. The van der Waals surface area contributed by atoms with Crippen molar-refractivity contribution in [1.82, 2.24) is 9.62 Å². The van der Waals surface area contributed by atoms with E-state index < -0.39 is 15.8 Å². The van der Waals surface area contributed by atoms with Gasteiger partial charge in [0.15, 0.2) is 0 Å². The molecule has 1 N–H and O–H groups in total. The second-order valence-electron chi connectivity index (χ2n) is 6.12. The third kappa shape index (κ3) is 5.18. The van der Waals surface area contributed by atoms with Gasteiger partial charge >= 0.3 is 0 Å². The van der Waals surface area contributed by atoms with E-state index in [1.165, 1.54) is 17.2 Å². The van der Waals surface area contributed by atoms with Crippen LogP contribution in [0.4, 0.5) is 4.39 Å². The van der Waals surface area contributed by atoms with Crippen molar-refractivity contribution in [2.75, 3.05) is 19.6 Å². The second kappa shape index (κ2) is 9.15. The minimum atomic E-state index is -3.67. The normalized spacial score (nSPS) is 14.5. The van der Waals surface area contributed by atoms with Crippen LogP contribution in [0.3, 0.4) is 0 Å². The van der Waals surface area contributed by atoms with Crippen LogP contribution in [0, 0.1) is 5.82 Å². The largest absolute Gasteiger partial charge is 0.299 e. The zero-order valence-corrected chi connectivity index (χ0v) is 16.5. The molecule has 2 aromatic rings. The van der Waals surface area contributed by atoms with Crippen LogP contribution in [0.5, 0.6) is 0 Å². The molecule has 3 rings (SSSR count). The first-order valence-corrected chi connectivity index (χ1v) is 10.1. The van der Waals surface area contributed by atoms with Crippen LogP contribution in [-0.4, -0.2) is 33.0 Å². The first-order valence-electron chi connectivity index (χ1n) is 8.19. The fraction of sp³-hybridized carbons (Fsp3) is 0.333. The van der Waals surface area contributed by atoms with Crippen molar-refractivity contribution in [2.45, 2.75) is 24.3 Å². The van der Waals surface area contributed by atoms with E-state index in [-0.39, 0.29) is 22.3 Å². The summed E-state index contributed by atoms with van der Waals surface area (Å²) in [4.78, 5) is 2.30. The van der Waals surface area contributed by atoms with Gasteiger partial charge in [-0.1, -0.05) is 35.9 Å². The first kappa shape index (κ1) is 21.1. The van der Waals surface area contributed by atoms with Gasteiger partial charge in [-0.15, -0.1) is 12.4 Å². The molecule has 0 unspecified atom stereocenters. The lowest BCUT2D eigenvalue weighted by atomic mass is 10.00. The van der Waals surface area contributed by atoms with Crippen LogP contribution in [0.15, 0.2) is 47.4 Å². The summed E-state index contributed by atoms with van der Waals surface area (Å²) in [7, 11) is -3.67. The molecule has 1 heterocycles. The number of benzene rings is 2. The number of nitrogens with zero attached hydrogens (tertiary/aromatic N) is 1. The van der Waals surface area contributed by atoms with Gasteiger partial charge in [0, 0.05) is 19.6 Å². The Hall–Kier alpha value is -1.18. The number of hydrogen-bond donors (Lipinski definition) is 1. The van der Waals surface area contributed by atoms with Crippen molar-refractivity contribution in [3.8, 4) is 0 Å². The zero-order valence-electron chi connectivity index (χ0n) is 14.1. The van der Waals surface area contributed by atoms with Crippen LogP contribution < -0.4 is 4.72 Å². The molecule has 142 valence electrons. The summed E-state index contributed by atoms with van der Waals surface area (Å²) in [5.41, 5.74) is 2.74. The van der Waals surface area contributed by atoms with Gasteiger partial charge in [0.25, 0.3) is 0 Å². The van der Waals surface area contributed by atoms with Crippen molar-refractivity contribution in [2.24, 2.45) is 0 Å². The topological polar surface area (TPSA) is 49.4 Å². The fourth-order valence-corrected chi connectivity index (χ4v) is 4.33. The average Bonchev–Trinajstić information content (AvgIpc) is 2.61. The summed E-state index contributed by atoms with van der Waals surface area (Å²) in [6.07, 6.45) is 1.73. The van der Waals surface area contributed by atoms with Gasteiger partial charge in [0.1, 0.15) is 5.82 Å². The maximum atomic E-state index is 13.2. The standard InChI is InChI=1S/C18H20ClFN2O2S.ClH/c19-17-12-16(6-7-18(17)20)25(23,24)21-9-3-10-22-11-8-14-4-1-2-5-15(14)13-22;/h1-2,4-7,12,21H,3,8-11,13H2;1H. The minimum Gasteiger partial charge on any atom is -0.299 e. The van der Waals surface area contributed by atoms with Crippen molar-refractivity contribution < 1.29 is 12.8 Å². The highest BCUT2D eigenvalue weighted by atomic mass is 35.5. The highest BCUT2D eigenvalue weighted by molar-refractivity contribution is 7.89. The van der Waals surface area contributed by atoms with Crippen LogP contribution in [0.2, 0.25) is 5.02 Å². The smallest absolute Gasteiger partial charge is 0.240 e. The summed E-state index contributed by atoms with van der Waals surface area (Å²) < 4.78 is 40.1. The average molecular weight is 419 g/mol. The molecule has 1 aliphatic heterocycles. The highest BCUT2D eigenvalue weighted by Crippen LogP contribution is 2.20. The molecule has 0 saturated carbocycles. The van der Waals surface area contributed by atoms with Crippen molar-refractivity contribution >= 4 is 34.0 Å². The summed E-state index contributed by atoms with van der Waals surface area (Å²) in [5, 5.41) is -0.199. The molecule has 8 heteroatoms. The van der Waals surface area contributed by atoms with Gasteiger partial charge in [-0.3, -0.25) is 4.90 Å². The van der Waals surface area contributed by atoms with Gasteiger partial charge in [0.2, 0.25) is 10.0 Å². The predicted molar refractivity (Wildman–Crippen MR) is 104 cm³/mol. The lowest BCUT2D eigenvalue weighted by molar-refractivity contribution is 0.251. The predicted octanol–water partition coefficient (Wildman–Crippen LogP) is 3.63. The van der Waals surface area contributed by atoms with E-state index in [0.29, 0.717) is 13.0 Å². The second-order valence-corrected chi connectivity index (χ2v) is 8.30. The maximum absolute atomic E-state index is 13.2. The maximum Gasteiger partial charge on any atom is 0.240 e. The quantitative estimate of drug-likeness (QED) is 0.728. The lowest BCUT2D eigenvalue weighted by Crippen LogP contribution is -2.33. The van der Waals surface area contributed by atoms with E-state index in [1.54, 1.807) is 0 Å². The third-order valence-electron chi connectivity index (χ3n) is 4.35. The molecule has 1 aliphatic rings. The van der Waals surface area contributed by atoms with E-state index in [9.17, 15) is 12.8 Å². The Morgan fingerprint density at radius 3 is 2.62 bits per heavy atom. The van der Waals surface area contributed by atoms with E-state index >= 15 is 0 Å². The number of fused-ring (bicyclic) bond motifs is 1. The fourth-order valence-electron chi connectivity index (χ4n) is 2.98. The Morgan fingerprint density at radius 2 is 1.88 bits per heavy atom. The number of nitrogens with one attached hydrogen (secondary N) is 1.